The molecule has 1 aromatic rings. The summed E-state index contributed by atoms with van der Waals surface area (Å²) in [6, 6.07) is 3.52. The van der Waals surface area contributed by atoms with E-state index in [0.29, 0.717) is 11.3 Å². The first kappa shape index (κ1) is 17.0. The Hall–Kier alpha value is -1.09. The molecule has 0 aromatic heterocycles. The topological polar surface area (TPSA) is 72.8 Å². The first-order valence-corrected chi connectivity index (χ1v) is 7.49. The molecule has 0 fully saturated rings. The summed E-state index contributed by atoms with van der Waals surface area (Å²) in [5, 5.41) is 8.68. The maximum atomic E-state index is 11.3. The predicted molar refractivity (Wildman–Crippen MR) is 85.7 cm³/mol. The van der Waals surface area contributed by atoms with Gasteiger partial charge >= 0.3 is 11.9 Å². The molecule has 1 aromatic carbocycles. The highest BCUT2D eigenvalue weighted by Gasteiger charge is 2.11. The molecule has 0 spiro atoms. The molecule has 5 nitrogen and oxygen atoms in total. The lowest BCUT2D eigenvalue weighted by molar-refractivity contribution is -0.145. The Kier molecular flexibility index (Phi) is 7.00. The zero-order valence-electron chi connectivity index (χ0n) is 10.6. The van der Waals surface area contributed by atoms with Crippen LogP contribution in [-0.4, -0.2) is 30.3 Å². The average Bonchev–Trinajstić information content (AvgIpc) is 2.35. The molecular formula is C13H12BrIO5. The van der Waals surface area contributed by atoms with Crippen LogP contribution in [0.3, 0.4) is 0 Å². The molecule has 0 heterocycles. The highest BCUT2D eigenvalue weighted by atomic mass is 127. The number of carbonyl (C=O) groups excluding carboxylic acids is 1. The Bertz CT molecular complexity index is 542. The van der Waals surface area contributed by atoms with Crippen molar-refractivity contribution in [1.82, 2.24) is 0 Å². The third-order valence-electron chi connectivity index (χ3n) is 2.08. The van der Waals surface area contributed by atoms with E-state index >= 15 is 0 Å². The maximum absolute atomic E-state index is 11.3. The Balaban J connectivity index is 2.98. The number of rotatable bonds is 6. The van der Waals surface area contributed by atoms with E-state index < -0.39 is 11.9 Å². The fourth-order valence-electron chi connectivity index (χ4n) is 1.35. The lowest BCUT2D eigenvalue weighted by Gasteiger charge is -2.11. The third-order valence-corrected chi connectivity index (χ3v) is 3.34. The Morgan fingerprint density at radius 2 is 2.15 bits per heavy atom. The van der Waals surface area contributed by atoms with Crippen molar-refractivity contribution in [3.63, 3.8) is 0 Å². The maximum Gasteiger partial charge on any atom is 0.344 e. The number of esters is 1. The van der Waals surface area contributed by atoms with E-state index in [2.05, 4.69) is 15.9 Å². The van der Waals surface area contributed by atoms with Gasteiger partial charge in [-0.1, -0.05) is 15.9 Å². The second kappa shape index (κ2) is 8.25. The van der Waals surface area contributed by atoms with Gasteiger partial charge in [0.1, 0.15) is 5.75 Å². The van der Waals surface area contributed by atoms with Crippen LogP contribution in [0.15, 0.2) is 22.7 Å². The normalized spacial score (nSPS) is 10.6. The fourth-order valence-corrected chi connectivity index (χ4v) is 3.06. The minimum atomic E-state index is -1.06. The lowest BCUT2D eigenvalue weighted by Crippen LogP contribution is -2.15. The minimum Gasteiger partial charge on any atom is -0.480 e. The van der Waals surface area contributed by atoms with Crippen molar-refractivity contribution in [1.29, 1.82) is 0 Å². The van der Waals surface area contributed by atoms with Gasteiger partial charge in [-0.05, 0) is 47.7 Å². The van der Waals surface area contributed by atoms with Gasteiger partial charge in [0.05, 0.1) is 10.2 Å². The zero-order chi connectivity index (χ0) is 15.1. The van der Waals surface area contributed by atoms with Gasteiger partial charge in [-0.15, -0.1) is 0 Å². The van der Waals surface area contributed by atoms with Gasteiger partial charge < -0.3 is 14.6 Å². The highest BCUT2D eigenvalue weighted by Crippen LogP contribution is 2.31. The van der Waals surface area contributed by atoms with Crippen LogP contribution in [0.1, 0.15) is 12.5 Å². The minimum absolute atomic E-state index is 0.223. The molecule has 0 unspecified atom stereocenters. The molecule has 0 radical (unpaired) electrons. The van der Waals surface area contributed by atoms with E-state index in [0.717, 1.165) is 14.1 Å². The number of halogens is 2. The summed E-state index contributed by atoms with van der Waals surface area (Å²) in [6.45, 7) is 1.77. The first-order valence-electron chi connectivity index (χ1n) is 5.62. The molecule has 0 bridgehead atoms. The van der Waals surface area contributed by atoms with Crippen LogP contribution in [0.25, 0.3) is 6.08 Å². The van der Waals surface area contributed by atoms with Gasteiger partial charge in [-0.25, -0.2) is 9.59 Å². The number of carboxylic acid groups (broad SMARTS) is 1. The summed E-state index contributed by atoms with van der Waals surface area (Å²) in [5.41, 5.74) is 0.565. The van der Waals surface area contributed by atoms with Gasteiger partial charge in [0.2, 0.25) is 0 Å². The van der Waals surface area contributed by atoms with Crippen molar-refractivity contribution < 1.29 is 24.2 Å². The summed E-state index contributed by atoms with van der Waals surface area (Å²) in [6.07, 6.45) is 2.42. The van der Waals surface area contributed by atoms with Crippen LogP contribution < -0.4 is 4.74 Å². The fraction of sp³-hybridized carbons (Fsp3) is 0.231. The predicted octanol–water partition coefficient (Wildman–Crippen LogP) is 3.09. The molecule has 0 atom stereocenters. The van der Waals surface area contributed by atoms with E-state index in [1.54, 1.807) is 19.1 Å². The molecule has 0 aliphatic carbocycles. The van der Waals surface area contributed by atoms with Crippen molar-refractivity contribution in [2.24, 2.45) is 0 Å². The van der Waals surface area contributed by atoms with Gasteiger partial charge in [0, 0.05) is 16.1 Å². The quantitative estimate of drug-likeness (QED) is 0.406. The van der Waals surface area contributed by atoms with Crippen molar-refractivity contribution in [2.75, 3.05) is 13.2 Å². The Labute approximate surface area is 138 Å². The third kappa shape index (κ3) is 5.49. The second-order valence-electron chi connectivity index (χ2n) is 3.57. The largest absolute Gasteiger partial charge is 0.480 e. The number of hydrogen-bond donors (Lipinski definition) is 1. The van der Waals surface area contributed by atoms with Crippen LogP contribution >= 0.6 is 38.5 Å². The molecule has 0 saturated carbocycles. The average molecular weight is 455 g/mol. The smallest absolute Gasteiger partial charge is 0.344 e. The SMILES string of the molecule is CCOC(=O)COc1c(I)cc(Br)cc1C=CC(=O)O. The molecular weight excluding hydrogens is 443 g/mol. The van der Waals surface area contributed by atoms with Crippen LogP contribution in [-0.2, 0) is 14.3 Å². The standard InChI is InChI=1S/C13H12BrIO5/c1-2-19-12(18)7-20-13-8(3-4-11(16)17)5-9(14)6-10(13)15/h3-6H,2,7H2,1H3,(H,16,17). The van der Waals surface area contributed by atoms with Crippen molar-refractivity contribution in [2.45, 2.75) is 6.92 Å². The molecule has 0 amide bonds. The summed E-state index contributed by atoms with van der Waals surface area (Å²) < 4.78 is 11.7. The summed E-state index contributed by atoms with van der Waals surface area (Å²) in [4.78, 5) is 21.9. The first-order chi connectivity index (χ1) is 9.43. The number of carboxylic acids is 1. The number of benzene rings is 1. The molecule has 108 valence electrons. The summed E-state index contributed by atoms with van der Waals surface area (Å²) >= 11 is 5.37. The van der Waals surface area contributed by atoms with E-state index in [-0.39, 0.29) is 13.2 Å². The van der Waals surface area contributed by atoms with Crippen molar-refractivity contribution >= 4 is 56.5 Å². The molecule has 0 aliphatic heterocycles. The number of carbonyl (C=O) groups is 2. The monoisotopic (exact) mass is 454 g/mol. The van der Waals surface area contributed by atoms with E-state index in [9.17, 15) is 9.59 Å². The molecule has 1 N–H and O–H groups in total. The van der Waals surface area contributed by atoms with Crippen molar-refractivity contribution in [3.05, 3.63) is 31.8 Å². The van der Waals surface area contributed by atoms with E-state index in [1.807, 2.05) is 22.6 Å². The molecule has 0 aliphatic rings. The van der Waals surface area contributed by atoms with E-state index in [4.69, 9.17) is 14.6 Å². The van der Waals surface area contributed by atoms with Crippen LogP contribution in [0.2, 0.25) is 0 Å². The van der Waals surface area contributed by atoms with E-state index in [1.165, 1.54) is 6.08 Å². The molecule has 20 heavy (non-hydrogen) atoms. The second-order valence-corrected chi connectivity index (χ2v) is 5.65. The van der Waals surface area contributed by atoms with Gasteiger partial charge in [-0.2, -0.15) is 0 Å². The van der Waals surface area contributed by atoms with Gasteiger partial charge in [0.15, 0.2) is 6.61 Å². The Morgan fingerprint density at radius 1 is 1.45 bits per heavy atom. The Morgan fingerprint density at radius 3 is 2.75 bits per heavy atom. The molecule has 7 heteroatoms. The number of ether oxygens (including phenoxy) is 2. The summed E-state index contributed by atoms with van der Waals surface area (Å²) in [5.74, 6) is -1.09. The van der Waals surface area contributed by atoms with Crippen LogP contribution in [0.4, 0.5) is 0 Å². The number of hydrogen-bond acceptors (Lipinski definition) is 4. The molecule has 1 rings (SSSR count). The van der Waals surface area contributed by atoms with Gasteiger partial charge in [0.25, 0.3) is 0 Å². The van der Waals surface area contributed by atoms with Crippen molar-refractivity contribution in [3.8, 4) is 5.75 Å². The highest BCUT2D eigenvalue weighted by molar-refractivity contribution is 14.1. The summed E-state index contributed by atoms with van der Waals surface area (Å²) in [7, 11) is 0. The number of aliphatic carboxylic acids is 1. The molecule has 0 saturated heterocycles. The lowest BCUT2D eigenvalue weighted by atomic mass is 10.2. The van der Waals surface area contributed by atoms with Gasteiger partial charge in [-0.3, -0.25) is 0 Å². The van der Waals surface area contributed by atoms with Crippen LogP contribution in [0.5, 0.6) is 5.75 Å². The van der Waals surface area contributed by atoms with Crippen LogP contribution in [0, 0.1) is 3.57 Å². The zero-order valence-corrected chi connectivity index (χ0v) is 14.3.